The number of para-hydroxylation sites is 2. The first-order valence-electron chi connectivity index (χ1n) is 8.18. The minimum atomic E-state index is -0.0120. The molecular weight excluding hydrogens is 264 g/mol. The van der Waals surface area contributed by atoms with E-state index in [4.69, 9.17) is 15.3 Å². The second-order valence-electron chi connectivity index (χ2n) is 6.22. The van der Waals surface area contributed by atoms with Crippen LogP contribution in [0.2, 0.25) is 0 Å². The molecule has 4 unspecified atom stereocenters. The maximum Gasteiger partial charge on any atom is 0.161 e. The van der Waals surface area contributed by atoms with Gasteiger partial charge in [0, 0.05) is 0 Å². The normalized spacial score (nSPS) is 29.9. The molecule has 0 radical (unpaired) electrons. The molecule has 1 aliphatic heterocycles. The minimum Gasteiger partial charge on any atom is -0.486 e. The van der Waals surface area contributed by atoms with E-state index in [2.05, 4.69) is 12.3 Å². The SMILES string of the molecule is CCC1CCCCC1C(NN)C1COc2ccccc2O1. The Morgan fingerprint density at radius 1 is 1.24 bits per heavy atom. The molecule has 0 bridgehead atoms. The fourth-order valence-electron chi connectivity index (χ4n) is 3.94. The van der Waals surface area contributed by atoms with Crippen LogP contribution in [-0.2, 0) is 0 Å². The van der Waals surface area contributed by atoms with Crippen molar-refractivity contribution in [3.8, 4) is 11.5 Å². The molecule has 4 atom stereocenters. The number of hydrogen-bond acceptors (Lipinski definition) is 4. The maximum absolute atomic E-state index is 6.16. The predicted molar refractivity (Wildman–Crippen MR) is 83.2 cm³/mol. The van der Waals surface area contributed by atoms with E-state index in [0.717, 1.165) is 17.4 Å². The van der Waals surface area contributed by atoms with Crippen LogP contribution in [-0.4, -0.2) is 18.8 Å². The van der Waals surface area contributed by atoms with Crippen LogP contribution in [0, 0.1) is 11.8 Å². The molecule has 4 nitrogen and oxygen atoms in total. The molecule has 4 heteroatoms. The molecule has 116 valence electrons. The lowest BCUT2D eigenvalue weighted by Crippen LogP contribution is -2.56. The highest BCUT2D eigenvalue weighted by Crippen LogP contribution is 2.38. The van der Waals surface area contributed by atoms with E-state index in [-0.39, 0.29) is 12.1 Å². The Bertz CT molecular complexity index is 466. The molecule has 0 aromatic heterocycles. The number of ether oxygens (including phenoxy) is 2. The van der Waals surface area contributed by atoms with Crippen LogP contribution in [0.1, 0.15) is 39.0 Å². The molecular formula is C17H26N2O2. The molecule has 1 aromatic carbocycles. The van der Waals surface area contributed by atoms with Crippen molar-refractivity contribution in [3.05, 3.63) is 24.3 Å². The lowest BCUT2D eigenvalue weighted by molar-refractivity contribution is 0.0219. The van der Waals surface area contributed by atoms with Crippen LogP contribution in [0.15, 0.2) is 24.3 Å². The molecule has 0 saturated heterocycles. The number of hydrogen-bond donors (Lipinski definition) is 2. The highest BCUT2D eigenvalue weighted by Gasteiger charge is 2.38. The lowest BCUT2D eigenvalue weighted by Gasteiger charge is -2.41. The topological polar surface area (TPSA) is 56.5 Å². The molecule has 1 aliphatic carbocycles. The summed E-state index contributed by atoms with van der Waals surface area (Å²) in [4.78, 5) is 0. The third-order valence-corrected chi connectivity index (χ3v) is 5.08. The van der Waals surface area contributed by atoms with E-state index < -0.39 is 0 Å². The van der Waals surface area contributed by atoms with Gasteiger partial charge in [-0.15, -0.1) is 0 Å². The second kappa shape index (κ2) is 6.67. The summed E-state index contributed by atoms with van der Waals surface area (Å²) in [6.07, 6.45) is 6.38. The standard InChI is InChI=1S/C17H26N2O2/c1-2-12-7-3-4-8-13(12)17(19-18)16-11-20-14-9-5-6-10-15(14)21-16/h5-6,9-10,12-13,16-17,19H,2-4,7-8,11,18H2,1H3. The van der Waals surface area contributed by atoms with Crippen LogP contribution in [0.5, 0.6) is 11.5 Å². The van der Waals surface area contributed by atoms with E-state index in [0.29, 0.717) is 12.5 Å². The van der Waals surface area contributed by atoms with Crippen LogP contribution < -0.4 is 20.7 Å². The fraction of sp³-hybridized carbons (Fsp3) is 0.647. The number of hydrazine groups is 1. The van der Waals surface area contributed by atoms with Crippen molar-refractivity contribution in [2.75, 3.05) is 6.61 Å². The molecule has 1 aromatic rings. The van der Waals surface area contributed by atoms with Crippen molar-refractivity contribution in [1.82, 2.24) is 5.43 Å². The zero-order chi connectivity index (χ0) is 14.7. The lowest BCUT2D eigenvalue weighted by atomic mass is 9.73. The zero-order valence-electron chi connectivity index (χ0n) is 12.8. The van der Waals surface area contributed by atoms with Gasteiger partial charge in [0.25, 0.3) is 0 Å². The van der Waals surface area contributed by atoms with E-state index in [9.17, 15) is 0 Å². The number of fused-ring (bicyclic) bond motifs is 1. The van der Waals surface area contributed by atoms with E-state index in [1.807, 2.05) is 24.3 Å². The van der Waals surface area contributed by atoms with Gasteiger partial charge in [0.1, 0.15) is 12.7 Å². The number of benzene rings is 1. The summed E-state index contributed by atoms with van der Waals surface area (Å²) >= 11 is 0. The molecule has 0 amide bonds. The summed E-state index contributed by atoms with van der Waals surface area (Å²) < 4.78 is 12.0. The van der Waals surface area contributed by atoms with Gasteiger partial charge in [-0.2, -0.15) is 0 Å². The molecule has 1 fully saturated rings. The van der Waals surface area contributed by atoms with Crippen molar-refractivity contribution in [1.29, 1.82) is 0 Å². The van der Waals surface area contributed by atoms with Gasteiger partial charge in [-0.1, -0.05) is 44.7 Å². The van der Waals surface area contributed by atoms with Crippen molar-refractivity contribution < 1.29 is 9.47 Å². The van der Waals surface area contributed by atoms with Crippen LogP contribution in [0.3, 0.4) is 0 Å². The number of nitrogens with two attached hydrogens (primary N) is 1. The molecule has 2 aliphatic rings. The van der Waals surface area contributed by atoms with E-state index in [1.165, 1.54) is 32.1 Å². The van der Waals surface area contributed by atoms with Gasteiger partial charge in [0.05, 0.1) is 6.04 Å². The van der Waals surface area contributed by atoms with Crippen molar-refractivity contribution >= 4 is 0 Å². The first kappa shape index (κ1) is 14.7. The first-order valence-corrected chi connectivity index (χ1v) is 8.18. The third kappa shape index (κ3) is 3.01. The Hall–Kier alpha value is -1.26. The maximum atomic E-state index is 6.16. The van der Waals surface area contributed by atoms with Crippen LogP contribution in [0.25, 0.3) is 0 Å². The van der Waals surface area contributed by atoms with Crippen molar-refractivity contribution in [2.45, 2.75) is 51.2 Å². The summed E-state index contributed by atoms with van der Waals surface area (Å²) in [7, 11) is 0. The molecule has 0 spiro atoms. The van der Waals surface area contributed by atoms with Gasteiger partial charge < -0.3 is 9.47 Å². The molecule has 21 heavy (non-hydrogen) atoms. The second-order valence-corrected chi connectivity index (χ2v) is 6.22. The third-order valence-electron chi connectivity index (χ3n) is 5.08. The largest absolute Gasteiger partial charge is 0.486 e. The van der Waals surface area contributed by atoms with Gasteiger partial charge in [-0.05, 0) is 30.4 Å². The Morgan fingerprint density at radius 3 is 2.76 bits per heavy atom. The van der Waals surface area contributed by atoms with Crippen molar-refractivity contribution in [2.24, 2.45) is 17.7 Å². The van der Waals surface area contributed by atoms with Crippen LogP contribution >= 0.6 is 0 Å². The summed E-state index contributed by atoms with van der Waals surface area (Å²) in [5.41, 5.74) is 3.03. The van der Waals surface area contributed by atoms with Gasteiger partial charge in [0.15, 0.2) is 11.5 Å². The molecule has 1 heterocycles. The Labute approximate surface area is 127 Å². The Balaban J connectivity index is 1.75. The van der Waals surface area contributed by atoms with E-state index in [1.54, 1.807) is 0 Å². The van der Waals surface area contributed by atoms with Gasteiger partial charge >= 0.3 is 0 Å². The highest BCUT2D eigenvalue weighted by molar-refractivity contribution is 5.40. The molecule has 1 saturated carbocycles. The Kier molecular flexibility index (Phi) is 4.66. The molecule has 3 N–H and O–H groups in total. The summed E-state index contributed by atoms with van der Waals surface area (Å²) in [5.74, 6) is 8.86. The van der Waals surface area contributed by atoms with Gasteiger partial charge in [-0.25, -0.2) is 0 Å². The smallest absolute Gasteiger partial charge is 0.161 e. The van der Waals surface area contributed by atoms with Gasteiger partial charge in [0.2, 0.25) is 0 Å². The fourth-order valence-corrected chi connectivity index (χ4v) is 3.94. The highest BCUT2D eigenvalue weighted by atomic mass is 16.6. The van der Waals surface area contributed by atoms with Crippen molar-refractivity contribution in [3.63, 3.8) is 0 Å². The minimum absolute atomic E-state index is 0.0120. The number of nitrogens with one attached hydrogen (secondary N) is 1. The summed E-state index contributed by atoms with van der Waals surface area (Å²) in [6, 6.07) is 8.02. The average molecular weight is 290 g/mol. The quantitative estimate of drug-likeness (QED) is 0.661. The predicted octanol–water partition coefficient (Wildman–Crippen LogP) is 2.87. The first-order chi connectivity index (χ1) is 10.3. The zero-order valence-corrected chi connectivity index (χ0v) is 12.8. The summed E-state index contributed by atoms with van der Waals surface area (Å²) in [6.45, 7) is 2.85. The van der Waals surface area contributed by atoms with E-state index >= 15 is 0 Å². The average Bonchev–Trinajstić information content (AvgIpc) is 2.56. The Morgan fingerprint density at radius 2 is 2.00 bits per heavy atom. The number of rotatable bonds is 4. The molecule has 3 rings (SSSR count). The van der Waals surface area contributed by atoms with Crippen LogP contribution in [0.4, 0.5) is 0 Å². The van der Waals surface area contributed by atoms with Gasteiger partial charge in [-0.3, -0.25) is 11.3 Å². The monoisotopic (exact) mass is 290 g/mol. The summed E-state index contributed by atoms with van der Waals surface area (Å²) in [5, 5.41) is 0.